The number of nitrogens with zero attached hydrogens (tertiary/aromatic N) is 2. The van der Waals surface area contributed by atoms with Crippen LogP contribution in [0.4, 0.5) is 0 Å². The topological polar surface area (TPSA) is 28.2 Å². The van der Waals surface area contributed by atoms with Crippen molar-refractivity contribution in [2.75, 3.05) is 26.7 Å². The fourth-order valence-corrected chi connectivity index (χ4v) is 5.69. The highest BCUT2D eigenvalue weighted by Gasteiger charge is 2.48. The first-order chi connectivity index (χ1) is 9.32. The Morgan fingerprint density at radius 1 is 1.32 bits per heavy atom. The minimum Gasteiger partial charge on any atom is -0.308 e. The molecule has 3 nitrogen and oxygen atoms in total. The van der Waals surface area contributed by atoms with Gasteiger partial charge in [0, 0.05) is 18.0 Å². The van der Waals surface area contributed by atoms with Crippen LogP contribution in [0.25, 0.3) is 0 Å². The standard InChI is InChI=1S/C15H23N3S/c1-16-15(7-9-18-8-6-11(15)10-18)14-17-12-4-2-3-5-13(12)19-14/h11,16H,2-10H2,1H3. The first-order valence-corrected chi connectivity index (χ1v) is 8.54. The lowest BCUT2D eigenvalue weighted by atomic mass is 9.79. The monoisotopic (exact) mass is 277 g/mol. The van der Waals surface area contributed by atoms with Crippen LogP contribution in [0.2, 0.25) is 0 Å². The first-order valence-electron chi connectivity index (χ1n) is 7.72. The summed E-state index contributed by atoms with van der Waals surface area (Å²) in [6.07, 6.45) is 7.75. The predicted octanol–water partition coefficient (Wildman–Crippen LogP) is 2.16. The van der Waals surface area contributed by atoms with Crippen molar-refractivity contribution in [3.8, 4) is 0 Å². The van der Waals surface area contributed by atoms with Crippen LogP contribution in [0.1, 0.15) is 41.3 Å². The summed E-state index contributed by atoms with van der Waals surface area (Å²) in [5.74, 6) is 0.763. The summed E-state index contributed by atoms with van der Waals surface area (Å²) >= 11 is 2.01. The Morgan fingerprint density at radius 2 is 2.21 bits per heavy atom. The van der Waals surface area contributed by atoms with Gasteiger partial charge in [0.05, 0.1) is 11.2 Å². The van der Waals surface area contributed by atoms with Gasteiger partial charge in [0.15, 0.2) is 0 Å². The lowest BCUT2D eigenvalue weighted by molar-refractivity contribution is 0.138. The molecule has 1 aromatic rings. The van der Waals surface area contributed by atoms with Gasteiger partial charge < -0.3 is 10.2 Å². The predicted molar refractivity (Wildman–Crippen MR) is 78.7 cm³/mol. The van der Waals surface area contributed by atoms with Gasteiger partial charge in [-0.15, -0.1) is 11.3 Å². The highest BCUT2D eigenvalue weighted by molar-refractivity contribution is 7.11. The van der Waals surface area contributed by atoms with Crippen LogP contribution in [0.15, 0.2) is 0 Å². The van der Waals surface area contributed by atoms with Crippen LogP contribution in [-0.2, 0) is 18.4 Å². The average molecular weight is 277 g/mol. The molecular weight excluding hydrogens is 254 g/mol. The fraction of sp³-hybridized carbons (Fsp3) is 0.800. The number of nitrogens with one attached hydrogen (secondary N) is 1. The summed E-state index contributed by atoms with van der Waals surface area (Å²) in [6.45, 7) is 3.80. The van der Waals surface area contributed by atoms with Crippen LogP contribution in [-0.4, -0.2) is 36.6 Å². The van der Waals surface area contributed by atoms with Gasteiger partial charge in [-0.3, -0.25) is 0 Å². The maximum absolute atomic E-state index is 5.07. The quantitative estimate of drug-likeness (QED) is 0.898. The zero-order chi connectivity index (χ0) is 12.9. The normalized spacial score (nSPS) is 37.3. The second-order valence-electron chi connectivity index (χ2n) is 6.35. The van der Waals surface area contributed by atoms with Crippen molar-refractivity contribution < 1.29 is 0 Å². The van der Waals surface area contributed by atoms with E-state index in [1.165, 1.54) is 68.9 Å². The zero-order valence-corrected chi connectivity index (χ0v) is 12.6. The van der Waals surface area contributed by atoms with E-state index in [-0.39, 0.29) is 5.54 Å². The van der Waals surface area contributed by atoms with E-state index in [1.807, 2.05) is 11.3 Å². The molecule has 2 saturated heterocycles. The van der Waals surface area contributed by atoms with Gasteiger partial charge in [0.25, 0.3) is 0 Å². The number of piperidine rings is 1. The molecule has 0 amide bonds. The minimum absolute atomic E-state index is 0.176. The van der Waals surface area contributed by atoms with E-state index in [2.05, 4.69) is 17.3 Å². The van der Waals surface area contributed by atoms with Gasteiger partial charge in [-0.05, 0) is 58.0 Å². The summed E-state index contributed by atoms with van der Waals surface area (Å²) in [5, 5.41) is 5.09. The van der Waals surface area contributed by atoms with Gasteiger partial charge in [-0.2, -0.15) is 0 Å². The Hall–Kier alpha value is -0.450. The Bertz CT molecular complexity index is 460. The second-order valence-corrected chi connectivity index (χ2v) is 7.44. The van der Waals surface area contributed by atoms with Crippen LogP contribution in [0, 0.1) is 5.92 Å². The van der Waals surface area contributed by atoms with Gasteiger partial charge >= 0.3 is 0 Å². The smallest absolute Gasteiger partial charge is 0.114 e. The lowest BCUT2D eigenvalue weighted by Crippen LogP contribution is -2.52. The molecule has 1 aliphatic carbocycles. The molecular formula is C15H23N3S. The first kappa shape index (κ1) is 12.3. The maximum atomic E-state index is 5.07. The van der Waals surface area contributed by atoms with E-state index in [9.17, 15) is 0 Å². The van der Waals surface area contributed by atoms with Crippen molar-refractivity contribution in [3.63, 3.8) is 0 Å². The molecule has 0 radical (unpaired) electrons. The summed E-state index contributed by atoms with van der Waals surface area (Å²) in [4.78, 5) is 9.27. The highest BCUT2D eigenvalue weighted by atomic mass is 32.1. The molecule has 3 heterocycles. The Labute approximate surface area is 119 Å². The SMILES string of the molecule is CNC1(c2nc3c(s2)CCCC3)CCN2CCC1C2. The van der Waals surface area contributed by atoms with Crippen molar-refractivity contribution >= 4 is 11.3 Å². The lowest BCUT2D eigenvalue weighted by Gasteiger charge is -2.41. The van der Waals surface area contributed by atoms with Crippen molar-refractivity contribution in [2.45, 2.75) is 44.1 Å². The van der Waals surface area contributed by atoms with Crippen LogP contribution < -0.4 is 5.32 Å². The highest BCUT2D eigenvalue weighted by Crippen LogP contribution is 2.45. The van der Waals surface area contributed by atoms with Crippen molar-refractivity contribution in [1.82, 2.24) is 15.2 Å². The summed E-state index contributed by atoms with van der Waals surface area (Å²) < 4.78 is 0. The molecule has 2 bridgehead atoms. The Balaban J connectivity index is 1.73. The molecule has 0 spiro atoms. The van der Waals surface area contributed by atoms with Crippen molar-refractivity contribution in [1.29, 1.82) is 0 Å². The molecule has 4 heteroatoms. The van der Waals surface area contributed by atoms with Crippen LogP contribution >= 0.6 is 11.3 Å². The number of aryl methyl sites for hydroxylation is 2. The number of fused-ring (bicyclic) bond motifs is 3. The molecule has 1 aromatic heterocycles. The van der Waals surface area contributed by atoms with E-state index in [4.69, 9.17) is 4.98 Å². The Kier molecular flexibility index (Phi) is 2.94. The van der Waals surface area contributed by atoms with E-state index >= 15 is 0 Å². The van der Waals surface area contributed by atoms with E-state index in [0.29, 0.717) is 0 Å². The second kappa shape index (κ2) is 4.54. The summed E-state index contributed by atoms with van der Waals surface area (Å²) in [5.41, 5.74) is 1.59. The molecule has 0 aromatic carbocycles. The molecule has 19 heavy (non-hydrogen) atoms. The van der Waals surface area contributed by atoms with Crippen molar-refractivity contribution in [2.24, 2.45) is 5.92 Å². The third kappa shape index (κ3) is 1.80. The molecule has 1 N–H and O–H groups in total. The summed E-state index contributed by atoms with van der Waals surface area (Å²) in [6, 6.07) is 0. The van der Waals surface area contributed by atoms with E-state index in [0.717, 1.165) is 5.92 Å². The van der Waals surface area contributed by atoms with Crippen LogP contribution in [0.3, 0.4) is 0 Å². The number of aromatic nitrogens is 1. The third-order valence-electron chi connectivity index (χ3n) is 5.47. The molecule has 2 aliphatic heterocycles. The minimum atomic E-state index is 0.176. The maximum Gasteiger partial charge on any atom is 0.114 e. The average Bonchev–Trinajstić information content (AvgIpc) is 3.05. The zero-order valence-electron chi connectivity index (χ0n) is 11.7. The molecule has 104 valence electrons. The molecule has 0 saturated carbocycles. The number of hydrogen-bond donors (Lipinski definition) is 1. The largest absolute Gasteiger partial charge is 0.308 e. The van der Waals surface area contributed by atoms with Crippen molar-refractivity contribution in [3.05, 3.63) is 15.6 Å². The third-order valence-corrected chi connectivity index (χ3v) is 6.80. The molecule has 4 rings (SSSR count). The molecule has 3 unspecified atom stereocenters. The van der Waals surface area contributed by atoms with Gasteiger partial charge in [0.1, 0.15) is 5.01 Å². The van der Waals surface area contributed by atoms with Gasteiger partial charge in [0.2, 0.25) is 0 Å². The number of rotatable bonds is 2. The molecule has 2 fully saturated rings. The number of thiazole rings is 1. The molecule has 3 aliphatic rings. The molecule has 3 atom stereocenters. The van der Waals surface area contributed by atoms with Gasteiger partial charge in [-0.1, -0.05) is 0 Å². The fourth-order valence-electron chi connectivity index (χ4n) is 4.24. The van der Waals surface area contributed by atoms with E-state index in [1.54, 1.807) is 4.88 Å². The summed E-state index contributed by atoms with van der Waals surface area (Å²) in [7, 11) is 2.15. The van der Waals surface area contributed by atoms with E-state index < -0.39 is 0 Å². The van der Waals surface area contributed by atoms with Crippen LogP contribution in [0.5, 0.6) is 0 Å². The van der Waals surface area contributed by atoms with Gasteiger partial charge in [-0.25, -0.2) is 4.98 Å². The Morgan fingerprint density at radius 3 is 3.05 bits per heavy atom. The number of hydrogen-bond acceptors (Lipinski definition) is 4.